The van der Waals surface area contributed by atoms with Crippen molar-refractivity contribution in [2.75, 3.05) is 0 Å². The van der Waals surface area contributed by atoms with E-state index in [0.717, 1.165) is 0 Å². The molecule has 8 aromatic carbocycles. The van der Waals surface area contributed by atoms with Crippen molar-refractivity contribution < 1.29 is 0 Å². The first kappa shape index (κ1) is 22.8. The quantitative estimate of drug-likeness (QED) is 0.193. The van der Waals surface area contributed by atoms with Crippen molar-refractivity contribution in [2.24, 2.45) is 0 Å². The van der Waals surface area contributed by atoms with Crippen LogP contribution in [0.1, 0.15) is 0 Å². The highest BCUT2D eigenvalue weighted by atomic mass is 32.1. The number of rotatable bonds is 2. The third-order valence-electron chi connectivity index (χ3n) is 8.62. The lowest BCUT2D eigenvalue weighted by Gasteiger charge is -2.11. The Kier molecular flexibility index (Phi) is 4.87. The second-order valence-corrected chi connectivity index (χ2v) is 12.0. The first-order valence-electron chi connectivity index (χ1n) is 14.1. The smallest absolute Gasteiger partial charge is 0.0440 e. The normalized spacial score (nSPS) is 11.9. The molecule has 41 heavy (non-hydrogen) atoms. The predicted molar refractivity (Wildman–Crippen MR) is 180 cm³/mol. The van der Waals surface area contributed by atoms with Gasteiger partial charge >= 0.3 is 0 Å². The highest BCUT2D eigenvalue weighted by Gasteiger charge is 2.12. The van der Waals surface area contributed by atoms with Crippen molar-refractivity contribution in [3.63, 3.8) is 0 Å². The molecule has 0 aliphatic heterocycles. The fourth-order valence-electron chi connectivity index (χ4n) is 6.56. The average Bonchev–Trinajstić information content (AvgIpc) is 3.43. The van der Waals surface area contributed by atoms with Gasteiger partial charge in [-0.05, 0) is 84.2 Å². The molecule has 1 aromatic heterocycles. The number of benzene rings is 8. The van der Waals surface area contributed by atoms with Crippen molar-refractivity contribution in [1.82, 2.24) is 0 Å². The lowest BCUT2D eigenvalue weighted by atomic mass is 9.93. The minimum absolute atomic E-state index is 1.24. The zero-order valence-corrected chi connectivity index (χ0v) is 23.1. The summed E-state index contributed by atoms with van der Waals surface area (Å²) in [4.78, 5) is 0. The molecule has 0 N–H and O–H groups in total. The van der Waals surface area contributed by atoms with Crippen LogP contribution in [0.5, 0.6) is 0 Å². The predicted octanol–water partition coefficient (Wildman–Crippen LogP) is 12.0. The largest absolute Gasteiger partial charge is 0.135 e. The Morgan fingerprint density at radius 1 is 0.317 bits per heavy atom. The molecule has 0 saturated heterocycles. The van der Waals surface area contributed by atoms with Gasteiger partial charge in [0.2, 0.25) is 0 Å². The molecule has 9 aromatic rings. The van der Waals surface area contributed by atoms with Crippen LogP contribution in [0.15, 0.2) is 146 Å². The lowest BCUT2D eigenvalue weighted by Crippen LogP contribution is -1.85. The van der Waals surface area contributed by atoms with Crippen molar-refractivity contribution in [3.8, 4) is 22.3 Å². The van der Waals surface area contributed by atoms with Gasteiger partial charge < -0.3 is 0 Å². The fourth-order valence-corrected chi connectivity index (χ4v) is 7.83. The highest BCUT2D eigenvalue weighted by Crippen LogP contribution is 2.42. The molecule has 0 aliphatic carbocycles. The summed E-state index contributed by atoms with van der Waals surface area (Å²) in [6.45, 7) is 0. The van der Waals surface area contributed by atoms with Crippen LogP contribution in [0.3, 0.4) is 0 Å². The monoisotopic (exact) mass is 536 g/mol. The van der Waals surface area contributed by atoms with Crippen molar-refractivity contribution in [1.29, 1.82) is 0 Å². The average molecular weight is 537 g/mol. The molecular weight excluding hydrogens is 513 g/mol. The van der Waals surface area contributed by atoms with E-state index in [4.69, 9.17) is 0 Å². The molecule has 1 heteroatoms. The van der Waals surface area contributed by atoms with Crippen LogP contribution in [0.4, 0.5) is 0 Å². The lowest BCUT2D eigenvalue weighted by molar-refractivity contribution is 1.62. The first-order valence-corrected chi connectivity index (χ1v) is 14.9. The molecule has 0 aliphatic rings. The molecule has 0 bridgehead atoms. The molecule has 0 nitrogen and oxygen atoms in total. The van der Waals surface area contributed by atoms with Crippen LogP contribution in [0, 0.1) is 0 Å². The Morgan fingerprint density at radius 2 is 0.878 bits per heavy atom. The van der Waals surface area contributed by atoms with Gasteiger partial charge in [-0.3, -0.25) is 0 Å². The summed E-state index contributed by atoms with van der Waals surface area (Å²) in [6.07, 6.45) is 0. The molecule has 0 spiro atoms. The third-order valence-corrected chi connectivity index (χ3v) is 9.82. The van der Waals surface area contributed by atoms with E-state index in [9.17, 15) is 0 Å². The number of thiophene rings is 1. The first-order chi connectivity index (χ1) is 20.3. The molecule has 1 heterocycles. The summed E-state index contributed by atoms with van der Waals surface area (Å²) in [5.74, 6) is 0. The van der Waals surface area contributed by atoms with Gasteiger partial charge in [-0.2, -0.15) is 0 Å². The van der Waals surface area contributed by atoms with Crippen molar-refractivity contribution in [3.05, 3.63) is 146 Å². The molecule has 190 valence electrons. The zero-order valence-electron chi connectivity index (χ0n) is 22.3. The topological polar surface area (TPSA) is 0 Å². The zero-order chi connectivity index (χ0) is 26.9. The van der Waals surface area contributed by atoms with Crippen LogP contribution < -0.4 is 0 Å². The Hall–Kier alpha value is -4.98. The third kappa shape index (κ3) is 3.53. The van der Waals surface area contributed by atoms with Gasteiger partial charge in [0, 0.05) is 25.6 Å². The van der Waals surface area contributed by atoms with Crippen LogP contribution in [-0.4, -0.2) is 0 Å². The van der Waals surface area contributed by atoms with E-state index in [1.165, 1.54) is 85.5 Å². The van der Waals surface area contributed by atoms with Crippen LogP contribution in [0.25, 0.3) is 85.5 Å². The minimum Gasteiger partial charge on any atom is -0.135 e. The molecule has 0 radical (unpaired) electrons. The van der Waals surface area contributed by atoms with Crippen molar-refractivity contribution >= 4 is 74.6 Å². The van der Waals surface area contributed by atoms with E-state index in [1.807, 2.05) is 11.3 Å². The summed E-state index contributed by atoms with van der Waals surface area (Å²) in [7, 11) is 0. The van der Waals surface area contributed by atoms with Gasteiger partial charge in [0.1, 0.15) is 0 Å². The van der Waals surface area contributed by atoms with Gasteiger partial charge in [0.15, 0.2) is 0 Å². The van der Waals surface area contributed by atoms with E-state index in [2.05, 4.69) is 146 Å². The SMILES string of the molecule is c1cc(-c2ccc3ccc4ccccc4c3c2)cc(-c2ccc3ccc4ccc5c6ccccc6sc5c4c3c2)c1. The molecular formula is C40H24S. The molecule has 0 fully saturated rings. The maximum Gasteiger partial charge on any atom is 0.0440 e. The number of hydrogen-bond acceptors (Lipinski definition) is 1. The Bertz CT molecular complexity index is 2480. The number of fused-ring (bicyclic) bond motifs is 10. The molecule has 0 atom stereocenters. The van der Waals surface area contributed by atoms with Gasteiger partial charge in [0.25, 0.3) is 0 Å². The highest BCUT2D eigenvalue weighted by molar-refractivity contribution is 7.26. The fraction of sp³-hybridized carbons (Fsp3) is 0. The van der Waals surface area contributed by atoms with E-state index in [1.54, 1.807) is 0 Å². The van der Waals surface area contributed by atoms with E-state index in [-0.39, 0.29) is 0 Å². The van der Waals surface area contributed by atoms with Gasteiger partial charge in [0.05, 0.1) is 0 Å². The van der Waals surface area contributed by atoms with Gasteiger partial charge in [-0.15, -0.1) is 11.3 Å². The maximum atomic E-state index is 2.40. The van der Waals surface area contributed by atoms with E-state index >= 15 is 0 Å². The molecule has 0 unspecified atom stereocenters. The Balaban J connectivity index is 1.23. The summed E-state index contributed by atoms with van der Waals surface area (Å²) >= 11 is 1.91. The summed E-state index contributed by atoms with van der Waals surface area (Å²) in [6, 6.07) is 53.8. The van der Waals surface area contributed by atoms with Gasteiger partial charge in [-0.25, -0.2) is 0 Å². The number of hydrogen-bond donors (Lipinski definition) is 0. The minimum atomic E-state index is 1.24. The molecule has 9 rings (SSSR count). The summed E-state index contributed by atoms with van der Waals surface area (Å²) in [5.41, 5.74) is 4.97. The second-order valence-electron chi connectivity index (χ2n) is 10.9. The van der Waals surface area contributed by atoms with Gasteiger partial charge in [-0.1, -0.05) is 121 Å². The Labute approximate surface area is 241 Å². The standard InChI is InChI=1S/C40H24S/c1-2-9-33-25(6-1)12-13-26-15-18-31(23-36(26)33)29-7-5-8-30(22-29)32-19-16-27-14-17-28-20-21-35-34-10-3-4-11-38(34)41-40(35)39(28)37(27)24-32/h1-24H. The van der Waals surface area contributed by atoms with Crippen molar-refractivity contribution in [2.45, 2.75) is 0 Å². The van der Waals surface area contributed by atoms with E-state index in [0.29, 0.717) is 0 Å². The maximum absolute atomic E-state index is 2.40. The molecule has 0 amide bonds. The van der Waals surface area contributed by atoms with Crippen LogP contribution in [-0.2, 0) is 0 Å². The van der Waals surface area contributed by atoms with E-state index < -0.39 is 0 Å². The molecule has 0 saturated carbocycles. The second kappa shape index (κ2) is 8.76. The summed E-state index contributed by atoms with van der Waals surface area (Å²) in [5, 5.41) is 13.1. The Morgan fingerprint density at radius 3 is 1.68 bits per heavy atom. The van der Waals surface area contributed by atoms with Crippen LogP contribution in [0.2, 0.25) is 0 Å². The van der Waals surface area contributed by atoms with Crippen LogP contribution >= 0.6 is 11.3 Å². The summed E-state index contributed by atoms with van der Waals surface area (Å²) < 4.78 is 2.72.